The molecule has 154 valence electrons. The lowest BCUT2D eigenvalue weighted by Crippen LogP contribution is -2.47. The lowest BCUT2D eigenvalue weighted by atomic mass is 9.95. The maximum Gasteiger partial charge on any atom is 0.230 e. The quantitative estimate of drug-likeness (QED) is 0.823. The molecule has 0 saturated carbocycles. The number of nitrogens with zero attached hydrogens (tertiary/aromatic N) is 3. The molecule has 6 nitrogen and oxygen atoms in total. The molecule has 1 aromatic rings. The Hall–Kier alpha value is -1.63. The number of rotatable bonds is 4. The molecular weight excluding hydrogens is 376 g/mol. The summed E-state index contributed by atoms with van der Waals surface area (Å²) >= 11 is 0. The second kappa shape index (κ2) is 9.72. The van der Waals surface area contributed by atoms with E-state index in [0.29, 0.717) is 6.42 Å². The third-order valence-corrected chi connectivity index (χ3v) is 6.20. The fraction of sp³-hybridized carbons (Fsp3) is 0.619. The Morgan fingerprint density at radius 2 is 1.71 bits per heavy atom. The number of amides is 2. The van der Waals surface area contributed by atoms with Gasteiger partial charge in [0.05, 0.1) is 0 Å². The summed E-state index contributed by atoms with van der Waals surface area (Å²) in [5.74, 6) is 0.677. The van der Waals surface area contributed by atoms with Crippen molar-refractivity contribution in [3.63, 3.8) is 0 Å². The van der Waals surface area contributed by atoms with Gasteiger partial charge in [-0.2, -0.15) is 0 Å². The first-order valence-corrected chi connectivity index (χ1v) is 10.3. The molecule has 0 bridgehead atoms. The minimum atomic E-state index is 0. The van der Waals surface area contributed by atoms with Gasteiger partial charge in [-0.3, -0.25) is 9.59 Å². The van der Waals surface area contributed by atoms with E-state index < -0.39 is 0 Å². The number of piperidine rings is 1. The van der Waals surface area contributed by atoms with Crippen LogP contribution in [0.15, 0.2) is 24.3 Å². The van der Waals surface area contributed by atoms with Crippen molar-refractivity contribution >= 4 is 29.9 Å². The van der Waals surface area contributed by atoms with Crippen molar-refractivity contribution in [2.75, 3.05) is 57.3 Å². The summed E-state index contributed by atoms with van der Waals surface area (Å²) in [6, 6.07) is 8.26. The smallest absolute Gasteiger partial charge is 0.230 e. The third-order valence-electron chi connectivity index (χ3n) is 6.20. The molecule has 1 aromatic carbocycles. The van der Waals surface area contributed by atoms with Crippen LogP contribution in [-0.2, 0) is 16.0 Å². The zero-order valence-electron chi connectivity index (χ0n) is 16.4. The van der Waals surface area contributed by atoms with Crippen LogP contribution in [0.4, 0.5) is 5.69 Å². The van der Waals surface area contributed by atoms with Crippen molar-refractivity contribution < 1.29 is 9.59 Å². The summed E-state index contributed by atoms with van der Waals surface area (Å²) in [5.41, 5.74) is 2.39. The first kappa shape index (κ1) is 21.1. The van der Waals surface area contributed by atoms with Gasteiger partial charge in [0.15, 0.2) is 0 Å². The van der Waals surface area contributed by atoms with Gasteiger partial charge >= 0.3 is 0 Å². The molecule has 7 heteroatoms. The van der Waals surface area contributed by atoms with Crippen LogP contribution in [0.3, 0.4) is 0 Å². The van der Waals surface area contributed by atoms with E-state index in [9.17, 15) is 9.59 Å². The zero-order chi connectivity index (χ0) is 18.6. The van der Waals surface area contributed by atoms with Gasteiger partial charge in [-0.05, 0) is 44.0 Å². The van der Waals surface area contributed by atoms with E-state index >= 15 is 0 Å². The lowest BCUT2D eigenvalue weighted by molar-refractivity contribution is -0.132. The van der Waals surface area contributed by atoms with Crippen molar-refractivity contribution in [2.24, 2.45) is 5.92 Å². The minimum absolute atomic E-state index is 0. The number of hydrogen-bond donors (Lipinski definition) is 1. The first-order valence-electron chi connectivity index (χ1n) is 10.3. The van der Waals surface area contributed by atoms with Crippen molar-refractivity contribution in [3.8, 4) is 0 Å². The molecule has 0 unspecified atom stereocenters. The lowest BCUT2D eigenvalue weighted by Gasteiger charge is -2.34. The summed E-state index contributed by atoms with van der Waals surface area (Å²) in [5, 5.41) is 3.28. The second-order valence-electron chi connectivity index (χ2n) is 7.87. The fourth-order valence-electron chi connectivity index (χ4n) is 4.52. The minimum Gasteiger partial charge on any atom is -0.340 e. The Labute approximate surface area is 173 Å². The molecule has 3 aliphatic heterocycles. The maximum absolute atomic E-state index is 13.0. The molecule has 2 amide bonds. The maximum atomic E-state index is 13.0. The molecular formula is C21H31ClN4O2. The molecule has 3 aliphatic rings. The highest BCUT2D eigenvalue weighted by Crippen LogP contribution is 2.31. The summed E-state index contributed by atoms with van der Waals surface area (Å²) < 4.78 is 0. The van der Waals surface area contributed by atoms with Crippen molar-refractivity contribution in [1.29, 1.82) is 0 Å². The Morgan fingerprint density at radius 3 is 2.46 bits per heavy atom. The van der Waals surface area contributed by atoms with Crippen molar-refractivity contribution in [3.05, 3.63) is 29.8 Å². The van der Waals surface area contributed by atoms with Gasteiger partial charge in [0.1, 0.15) is 0 Å². The number of hydrogen-bond acceptors (Lipinski definition) is 4. The Balaban J connectivity index is 0.00000225. The molecule has 2 fully saturated rings. The Bertz CT molecular complexity index is 685. The average molecular weight is 407 g/mol. The summed E-state index contributed by atoms with van der Waals surface area (Å²) in [7, 11) is 0. The number of carbonyl (C=O) groups is 2. The van der Waals surface area contributed by atoms with Gasteiger partial charge in [0, 0.05) is 57.3 Å². The van der Waals surface area contributed by atoms with Crippen LogP contribution in [0.1, 0.15) is 24.8 Å². The van der Waals surface area contributed by atoms with E-state index in [0.717, 1.165) is 77.3 Å². The van der Waals surface area contributed by atoms with Gasteiger partial charge in [-0.1, -0.05) is 18.2 Å². The van der Waals surface area contributed by atoms with Crippen LogP contribution < -0.4 is 10.2 Å². The largest absolute Gasteiger partial charge is 0.340 e. The van der Waals surface area contributed by atoms with E-state index in [4.69, 9.17) is 0 Å². The normalized spacial score (nSPS) is 20.6. The van der Waals surface area contributed by atoms with Gasteiger partial charge in [0.25, 0.3) is 0 Å². The number of halogens is 1. The van der Waals surface area contributed by atoms with Gasteiger partial charge < -0.3 is 20.0 Å². The van der Waals surface area contributed by atoms with Crippen molar-refractivity contribution in [1.82, 2.24) is 15.1 Å². The van der Waals surface area contributed by atoms with Crippen LogP contribution in [0.25, 0.3) is 0 Å². The number of likely N-dealkylation sites (tertiary alicyclic amines) is 1. The topological polar surface area (TPSA) is 55.9 Å². The van der Waals surface area contributed by atoms with Crippen LogP contribution in [-0.4, -0.2) is 74.0 Å². The van der Waals surface area contributed by atoms with Gasteiger partial charge in [0.2, 0.25) is 11.8 Å². The zero-order valence-corrected chi connectivity index (χ0v) is 17.3. The third kappa shape index (κ3) is 4.67. The van der Waals surface area contributed by atoms with E-state index in [-0.39, 0.29) is 30.1 Å². The predicted octanol–water partition coefficient (Wildman–Crippen LogP) is 1.53. The highest BCUT2D eigenvalue weighted by molar-refractivity contribution is 5.97. The average Bonchev–Trinajstić information content (AvgIpc) is 3.16. The molecule has 0 aromatic heterocycles. The monoisotopic (exact) mass is 406 g/mol. The summed E-state index contributed by atoms with van der Waals surface area (Å²) in [4.78, 5) is 31.6. The van der Waals surface area contributed by atoms with Crippen LogP contribution in [0.5, 0.6) is 0 Å². The SMILES string of the molecule is Cl.O=C(CCN1CCC(C(=O)N2CCc3ccccc32)CC1)N1CCNCC1. The van der Waals surface area contributed by atoms with Crippen LogP contribution >= 0.6 is 12.4 Å². The molecule has 3 heterocycles. The fourth-order valence-corrected chi connectivity index (χ4v) is 4.52. The first-order chi connectivity index (χ1) is 13.2. The molecule has 0 atom stereocenters. The summed E-state index contributed by atoms with van der Waals surface area (Å²) in [6.45, 7) is 6.92. The molecule has 1 N–H and O–H groups in total. The number of benzene rings is 1. The second-order valence-corrected chi connectivity index (χ2v) is 7.87. The number of anilines is 1. The highest BCUT2D eigenvalue weighted by Gasteiger charge is 2.32. The number of para-hydroxylation sites is 1. The standard InChI is InChI=1S/C21H30N4O2.ClH/c26-20(24-15-9-22-10-16-24)8-13-23-11-5-18(6-12-23)21(27)25-14-7-17-3-1-2-4-19(17)25;/h1-4,18,22H,5-16H2;1H. The molecule has 2 saturated heterocycles. The van der Waals surface area contributed by atoms with Crippen LogP contribution in [0, 0.1) is 5.92 Å². The number of fused-ring (bicyclic) bond motifs is 1. The predicted molar refractivity (Wildman–Crippen MR) is 113 cm³/mol. The molecule has 0 aliphatic carbocycles. The van der Waals surface area contributed by atoms with E-state index in [2.05, 4.69) is 22.3 Å². The van der Waals surface area contributed by atoms with Crippen molar-refractivity contribution in [2.45, 2.75) is 25.7 Å². The van der Waals surface area contributed by atoms with E-state index in [1.807, 2.05) is 21.9 Å². The molecule has 4 rings (SSSR count). The Morgan fingerprint density at radius 1 is 1.00 bits per heavy atom. The number of piperazine rings is 1. The molecule has 0 radical (unpaired) electrons. The van der Waals surface area contributed by atoms with Crippen LogP contribution in [0.2, 0.25) is 0 Å². The van der Waals surface area contributed by atoms with E-state index in [1.165, 1.54) is 5.56 Å². The highest BCUT2D eigenvalue weighted by atomic mass is 35.5. The summed E-state index contributed by atoms with van der Waals surface area (Å²) in [6.07, 6.45) is 3.37. The number of nitrogens with one attached hydrogen (secondary N) is 1. The van der Waals surface area contributed by atoms with Gasteiger partial charge in [-0.15, -0.1) is 12.4 Å². The van der Waals surface area contributed by atoms with E-state index in [1.54, 1.807) is 0 Å². The Kier molecular flexibility index (Phi) is 7.32. The number of carbonyl (C=O) groups excluding carboxylic acids is 2. The van der Waals surface area contributed by atoms with Gasteiger partial charge in [-0.25, -0.2) is 0 Å². The molecule has 0 spiro atoms. The molecule has 28 heavy (non-hydrogen) atoms.